The van der Waals surface area contributed by atoms with Crippen LogP contribution < -0.4 is 4.90 Å². The van der Waals surface area contributed by atoms with Crippen LogP contribution in [0.5, 0.6) is 0 Å². The Bertz CT molecular complexity index is 1050. The van der Waals surface area contributed by atoms with E-state index >= 15 is 0 Å². The fourth-order valence-corrected chi connectivity index (χ4v) is 4.80. The standard InChI is InChI=1S/C20H21N5O2S/c1-16-15-18(17-7-3-2-4-8-17)22-23-20(16)28(26,27)25-13-11-24(12-14-25)19-9-5-6-10-21-19/h2-10,15H,11-14H2,1H3. The summed E-state index contributed by atoms with van der Waals surface area (Å²) in [6.45, 7) is 3.72. The van der Waals surface area contributed by atoms with Crippen LogP contribution in [0.15, 0.2) is 65.8 Å². The minimum Gasteiger partial charge on any atom is -0.354 e. The third kappa shape index (κ3) is 3.61. The van der Waals surface area contributed by atoms with Gasteiger partial charge in [0.2, 0.25) is 0 Å². The number of piperazine rings is 1. The van der Waals surface area contributed by atoms with Gasteiger partial charge in [0.1, 0.15) is 5.82 Å². The number of nitrogens with zero attached hydrogens (tertiary/aromatic N) is 5. The first-order valence-corrected chi connectivity index (χ1v) is 10.6. The second-order valence-corrected chi connectivity index (χ2v) is 8.52. The number of sulfonamides is 1. The molecule has 0 N–H and O–H groups in total. The van der Waals surface area contributed by atoms with Crippen LogP contribution in [-0.4, -0.2) is 54.1 Å². The predicted octanol–water partition coefficient (Wildman–Crippen LogP) is 2.36. The molecule has 0 saturated carbocycles. The van der Waals surface area contributed by atoms with Crippen LogP contribution in [-0.2, 0) is 10.0 Å². The summed E-state index contributed by atoms with van der Waals surface area (Å²) < 4.78 is 27.7. The lowest BCUT2D eigenvalue weighted by Crippen LogP contribution is -2.49. The van der Waals surface area contributed by atoms with Crippen molar-refractivity contribution in [3.05, 3.63) is 66.4 Å². The normalized spacial score (nSPS) is 15.5. The summed E-state index contributed by atoms with van der Waals surface area (Å²) in [4.78, 5) is 6.42. The number of rotatable bonds is 4. The van der Waals surface area contributed by atoms with Gasteiger partial charge < -0.3 is 4.90 Å². The van der Waals surface area contributed by atoms with E-state index in [-0.39, 0.29) is 5.03 Å². The highest BCUT2D eigenvalue weighted by Gasteiger charge is 2.31. The quantitative estimate of drug-likeness (QED) is 0.675. The Kier molecular flexibility index (Phi) is 5.06. The largest absolute Gasteiger partial charge is 0.354 e. The predicted molar refractivity (Wildman–Crippen MR) is 107 cm³/mol. The van der Waals surface area contributed by atoms with Gasteiger partial charge in [-0.2, -0.15) is 4.31 Å². The fraction of sp³-hybridized carbons (Fsp3) is 0.250. The molecule has 8 heteroatoms. The third-order valence-electron chi connectivity index (χ3n) is 4.80. The SMILES string of the molecule is Cc1cc(-c2ccccc2)nnc1S(=O)(=O)N1CCN(c2ccccn2)CC1. The molecule has 1 aliphatic heterocycles. The summed E-state index contributed by atoms with van der Waals surface area (Å²) >= 11 is 0. The molecule has 144 valence electrons. The maximum Gasteiger partial charge on any atom is 0.262 e. The number of pyridine rings is 1. The number of hydrogen-bond donors (Lipinski definition) is 0. The smallest absolute Gasteiger partial charge is 0.262 e. The second-order valence-electron chi connectivity index (χ2n) is 6.66. The maximum atomic E-state index is 13.1. The van der Waals surface area contributed by atoms with E-state index in [1.54, 1.807) is 19.2 Å². The molecule has 3 heterocycles. The zero-order chi connectivity index (χ0) is 19.6. The Morgan fingerprint density at radius 2 is 1.61 bits per heavy atom. The summed E-state index contributed by atoms with van der Waals surface area (Å²) in [6.07, 6.45) is 1.74. The molecule has 4 rings (SSSR count). The monoisotopic (exact) mass is 395 g/mol. The van der Waals surface area contributed by atoms with Crippen molar-refractivity contribution in [2.75, 3.05) is 31.1 Å². The summed E-state index contributed by atoms with van der Waals surface area (Å²) in [5.41, 5.74) is 2.17. The van der Waals surface area contributed by atoms with Crippen molar-refractivity contribution in [3.63, 3.8) is 0 Å². The zero-order valence-corrected chi connectivity index (χ0v) is 16.4. The molecule has 3 aromatic rings. The molecule has 2 aromatic heterocycles. The van der Waals surface area contributed by atoms with E-state index in [0.717, 1.165) is 11.4 Å². The molecule has 1 aliphatic rings. The van der Waals surface area contributed by atoms with Crippen LogP contribution in [0, 0.1) is 6.92 Å². The number of benzene rings is 1. The lowest BCUT2D eigenvalue weighted by Gasteiger charge is -2.34. The lowest BCUT2D eigenvalue weighted by atomic mass is 10.1. The molecule has 7 nitrogen and oxygen atoms in total. The highest BCUT2D eigenvalue weighted by molar-refractivity contribution is 7.89. The molecule has 1 saturated heterocycles. The summed E-state index contributed by atoms with van der Waals surface area (Å²) in [5.74, 6) is 0.864. The van der Waals surface area contributed by atoms with Crippen molar-refractivity contribution in [2.45, 2.75) is 11.9 Å². The Hall–Kier alpha value is -2.84. The summed E-state index contributed by atoms with van der Waals surface area (Å²) in [5, 5.41) is 8.26. The average molecular weight is 395 g/mol. The second kappa shape index (κ2) is 7.65. The minimum absolute atomic E-state index is 0.0264. The van der Waals surface area contributed by atoms with Gasteiger partial charge in [0.25, 0.3) is 10.0 Å². The number of hydrogen-bond acceptors (Lipinski definition) is 6. The first-order chi connectivity index (χ1) is 13.6. The van der Waals surface area contributed by atoms with E-state index in [4.69, 9.17) is 0 Å². The van der Waals surface area contributed by atoms with Gasteiger partial charge in [-0.05, 0) is 30.7 Å². The molecular formula is C20H21N5O2S. The van der Waals surface area contributed by atoms with Gasteiger partial charge in [0.05, 0.1) is 5.69 Å². The zero-order valence-electron chi connectivity index (χ0n) is 15.6. The van der Waals surface area contributed by atoms with Crippen LogP contribution in [0.25, 0.3) is 11.3 Å². The van der Waals surface area contributed by atoms with Crippen molar-refractivity contribution < 1.29 is 8.42 Å². The number of anilines is 1. The van der Waals surface area contributed by atoms with Crippen molar-refractivity contribution in [3.8, 4) is 11.3 Å². The third-order valence-corrected chi connectivity index (χ3v) is 6.74. The van der Waals surface area contributed by atoms with Gasteiger partial charge in [0.15, 0.2) is 5.03 Å². The Labute approximate surface area is 164 Å². The van der Waals surface area contributed by atoms with Crippen molar-refractivity contribution in [2.24, 2.45) is 0 Å². The molecular weight excluding hydrogens is 374 g/mol. The first-order valence-electron chi connectivity index (χ1n) is 9.11. The van der Waals surface area contributed by atoms with Gasteiger partial charge >= 0.3 is 0 Å². The van der Waals surface area contributed by atoms with Crippen LogP contribution >= 0.6 is 0 Å². The molecule has 0 radical (unpaired) electrons. The van der Waals surface area contributed by atoms with Crippen LogP contribution in [0.1, 0.15) is 5.56 Å². The number of aryl methyl sites for hydroxylation is 1. The van der Waals surface area contributed by atoms with E-state index < -0.39 is 10.0 Å². The van der Waals surface area contributed by atoms with Crippen LogP contribution in [0.3, 0.4) is 0 Å². The fourth-order valence-electron chi connectivity index (χ4n) is 3.30. The highest BCUT2D eigenvalue weighted by atomic mass is 32.2. The van der Waals surface area contributed by atoms with Gasteiger partial charge in [-0.25, -0.2) is 13.4 Å². The Balaban J connectivity index is 1.53. The molecule has 0 unspecified atom stereocenters. The Morgan fingerprint density at radius 1 is 0.893 bits per heavy atom. The number of aromatic nitrogens is 3. The molecule has 28 heavy (non-hydrogen) atoms. The van der Waals surface area contributed by atoms with Gasteiger partial charge in [0, 0.05) is 37.9 Å². The van der Waals surface area contributed by atoms with Gasteiger partial charge in [-0.3, -0.25) is 0 Å². The van der Waals surface area contributed by atoms with E-state index in [0.29, 0.717) is 37.4 Å². The molecule has 0 amide bonds. The van der Waals surface area contributed by atoms with E-state index in [1.165, 1.54) is 4.31 Å². The molecule has 0 bridgehead atoms. The first kappa shape index (κ1) is 18.5. The molecule has 1 aromatic carbocycles. The summed E-state index contributed by atoms with van der Waals surface area (Å²) in [6, 6.07) is 17.1. The van der Waals surface area contributed by atoms with E-state index in [1.807, 2.05) is 48.5 Å². The molecule has 1 fully saturated rings. The molecule has 0 aliphatic carbocycles. The van der Waals surface area contributed by atoms with Crippen LogP contribution in [0.4, 0.5) is 5.82 Å². The van der Waals surface area contributed by atoms with Crippen molar-refractivity contribution >= 4 is 15.8 Å². The Morgan fingerprint density at radius 3 is 2.25 bits per heavy atom. The average Bonchev–Trinajstić information content (AvgIpc) is 2.75. The van der Waals surface area contributed by atoms with Crippen molar-refractivity contribution in [1.29, 1.82) is 0 Å². The topological polar surface area (TPSA) is 79.3 Å². The highest BCUT2D eigenvalue weighted by Crippen LogP contribution is 2.23. The van der Waals surface area contributed by atoms with Crippen molar-refractivity contribution in [1.82, 2.24) is 19.5 Å². The van der Waals surface area contributed by atoms with E-state index in [9.17, 15) is 8.42 Å². The van der Waals surface area contributed by atoms with Crippen LogP contribution in [0.2, 0.25) is 0 Å². The van der Waals surface area contributed by atoms with Gasteiger partial charge in [-0.15, -0.1) is 10.2 Å². The molecule has 0 atom stereocenters. The minimum atomic E-state index is -3.68. The molecule has 0 spiro atoms. The summed E-state index contributed by atoms with van der Waals surface area (Å²) in [7, 11) is -3.68. The maximum absolute atomic E-state index is 13.1. The van der Waals surface area contributed by atoms with Gasteiger partial charge in [-0.1, -0.05) is 36.4 Å². The van der Waals surface area contributed by atoms with E-state index in [2.05, 4.69) is 20.1 Å². The lowest BCUT2D eigenvalue weighted by molar-refractivity contribution is 0.381.